The van der Waals surface area contributed by atoms with E-state index in [1.54, 1.807) is 42.5 Å². The molecule has 0 bridgehead atoms. The van der Waals surface area contributed by atoms with E-state index in [9.17, 15) is 18.0 Å². The number of sulfonamides is 1. The van der Waals surface area contributed by atoms with Crippen LogP contribution in [0.5, 0.6) is 5.75 Å². The van der Waals surface area contributed by atoms with Crippen LogP contribution >= 0.6 is 0 Å². The Kier molecular flexibility index (Phi) is 11.4. The highest BCUT2D eigenvalue weighted by molar-refractivity contribution is 7.92. The second-order valence-electron chi connectivity index (χ2n) is 11.1. The third kappa shape index (κ3) is 8.73. The van der Waals surface area contributed by atoms with Crippen molar-refractivity contribution in [2.45, 2.75) is 57.1 Å². The number of carbonyl (C=O) groups is 2. The highest BCUT2D eigenvalue weighted by Gasteiger charge is 2.35. The topological polar surface area (TPSA) is 96.0 Å². The van der Waals surface area contributed by atoms with Gasteiger partial charge in [0.05, 0.1) is 17.7 Å². The number of rotatable bonds is 14. The molecule has 0 aliphatic carbocycles. The standard InChI is InChI=1S/C36H41N3O5S/c1-5-28(3)37-36(41)34(24-29-14-8-6-9-15-29)38(25-30-16-12-13-27(2)23-30)35(40)26-39(31-19-21-32(44-4)22-20-31)45(42,43)33-17-10-7-11-18-33/h6-23,28,34H,5,24-26H2,1-4H3,(H,37,41)/t28-,34-/m1/s1. The minimum atomic E-state index is -4.17. The molecule has 4 aromatic rings. The highest BCUT2D eigenvalue weighted by Crippen LogP contribution is 2.27. The van der Waals surface area contributed by atoms with Crippen LogP contribution in [0.1, 0.15) is 37.0 Å². The number of ether oxygens (including phenoxy) is 1. The van der Waals surface area contributed by atoms with Gasteiger partial charge in [-0.25, -0.2) is 8.42 Å². The Bertz CT molecular complexity index is 1660. The molecule has 0 saturated carbocycles. The maximum atomic E-state index is 14.5. The van der Waals surface area contributed by atoms with Gasteiger partial charge in [-0.15, -0.1) is 0 Å². The Labute approximate surface area is 266 Å². The van der Waals surface area contributed by atoms with Gasteiger partial charge < -0.3 is 15.0 Å². The zero-order valence-corrected chi connectivity index (χ0v) is 27.0. The average Bonchev–Trinajstić information content (AvgIpc) is 3.06. The summed E-state index contributed by atoms with van der Waals surface area (Å²) in [6, 6.07) is 30.8. The lowest BCUT2D eigenvalue weighted by molar-refractivity contribution is -0.140. The van der Waals surface area contributed by atoms with Crippen molar-refractivity contribution in [1.29, 1.82) is 0 Å². The van der Waals surface area contributed by atoms with Gasteiger partial charge in [0.15, 0.2) is 0 Å². The number of hydrogen-bond donors (Lipinski definition) is 1. The summed E-state index contributed by atoms with van der Waals surface area (Å²) in [4.78, 5) is 30.0. The van der Waals surface area contributed by atoms with Gasteiger partial charge in [0.2, 0.25) is 11.8 Å². The Morgan fingerprint density at radius 2 is 1.47 bits per heavy atom. The van der Waals surface area contributed by atoms with E-state index in [-0.39, 0.29) is 29.8 Å². The second kappa shape index (κ2) is 15.4. The van der Waals surface area contributed by atoms with E-state index in [1.807, 2.05) is 75.4 Å². The highest BCUT2D eigenvalue weighted by atomic mass is 32.2. The van der Waals surface area contributed by atoms with Crippen molar-refractivity contribution in [3.05, 3.63) is 126 Å². The zero-order chi connectivity index (χ0) is 32.4. The SMILES string of the molecule is CC[C@@H](C)NC(=O)[C@@H](Cc1ccccc1)N(Cc1cccc(C)c1)C(=O)CN(c1ccc(OC)cc1)S(=O)(=O)c1ccccc1. The van der Waals surface area contributed by atoms with Gasteiger partial charge in [-0.3, -0.25) is 13.9 Å². The summed E-state index contributed by atoms with van der Waals surface area (Å²) in [5.74, 6) is -0.254. The number of aryl methyl sites for hydroxylation is 1. The largest absolute Gasteiger partial charge is 0.497 e. The van der Waals surface area contributed by atoms with Crippen LogP contribution in [0.3, 0.4) is 0 Å². The van der Waals surface area contributed by atoms with Crippen molar-refractivity contribution >= 4 is 27.5 Å². The van der Waals surface area contributed by atoms with E-state index in [1.165, 1.54) is 24.1 Å². The van der Waals surface area contributed by atoms with E-state index in [0.717, 1.165) is 27.4 Å². The van der Waals surface area contributed by atoms with Gasteiger partial charge in [0.1, 0.15) is 18.3 Å². The quantitative estimate of drug-likeness (QED) is 0.192. The zero-order valence-electron chi connectivity index (χ0n) is 26.2. The number of nitrogens with zero attached hydrogens (tertiary/aromatic N) is 2. The molecule has 0 saturated heterocycles. The van der Waals surface area contributed by atoms with Crippen molar-refractivity contribution in [1.82, 2.24) is 10.2 Å². The van der Waals surface area contributed by atoms with Crippen LogP contribution in [-0.4, -0.2) is 50.9 Å². The second-order valence-corrected chi connectivity index (χ2v) is 12.9. The van der Waals surface area contributed by atoms with Gasteiger partial charge in [-0.1, -0.05) is 85.3 Å². The average molecular weight is 628 g/mol. The maximum absolute atomic E-state index is 14.5. The first-order chi connectivity index (χ1) is 21.6. The summed E-state index contributed by atoms with van der Waals surface area (Å²) in [7, 11) is -2.64. The third-order valence-corrected chi connectivity index (χ3v) is 9.47. The summed E-state index contributed by atoms with van der Waals surface area (Å²) < 4.78 is 34.5. The van der Waals surface area contributed by atoms with Gasteiger partial charge in [0.25, 0.3) is 10.0 Å². The number of amides is 2. The van der Waals surface area contributed by atoms with E-state index in [0.29, 0.717) is 11.4 Å². The first kappa shape index (κ1) is 33.3. The third-order valence-electron chi connectivity index (χ3n) is 7.68. The van der Waals surface area contributed by atoms with Crippen molar-refractivity contribution in [2.75, 3.05) is 18.0 Å². The number of carbonyl (C=O) groups excluding carboxylic acids is 2. The van der Waals surface area contributed by atoms with Crippen molar-refractivity contribution in [3.63, 3.8) is 0 Å². The molecule has 9 heteroatoms. The molecule has 0 aliphatic rings. The molecule has 236 valence electrons. The number of hydrogen-bond acceptors (Lipinski definition) is 5. The molecular formula is C36H41N3O5S. The molecule has 0 spiro atoms. The molecule has 1 N–H and O–H groups in total. The normalized spacial score (nSPS) is 12.5. The van der Waals surface area contributed by atoms with E-state index >= 15 is 0 Å². The lowest BCUT2D eigenvalue weighted by atomic mass is 10.0. The van der Waals surface area contributed by atoms with Crippen LogP contribution in [0.2, 0.25) is 0 Å². The Morgan fingerprint density at radius 3 is 2.07 bits per heavy atom. The molecule has 0 unspecified atom stereocenters. The van der Waals surface area contributed by atoms with Crippen LogP contribution in [0.15, 0.2) is 114 Å². The van der Waals surface area contributed by atoms with E-state index < -0.39 is 28.5 Å². The molecule has 0 heterocycles. The predicted molar refractivity (Wildman–Crippen MR) is 178 cm³/mol. The molecule has 0 aliphatic heterocycles. The van der Waals surface area contributed by atoms with E-state index in [4.69, 9.17) is 4.74 Å². The number of methoxy groups -OCH3 is 1. The lowest BCUT2D eigenvalue weighted by Crippen LogP contribution is -2.54. The molecule has 0 radical (unpaired) electrons. The summed E-state index contributed by atoms with van der Waals surface area (Å²) in [5, 5.41) is 3.06. The smallest absolute Gasteiger partial charge is 0.264 e. The summed E-state index contributed by atoms with van der Waals surface area (Å²) in [6.07, 6.45) is 0.977. The first-order valence-corrected chi connectivity index (χ1v) is 16.5. The Balaban J connectivity index is 1.80. The number of anilines is 1. The van der Waals surface area contributed by atoms with Crippen molar-refractivity contribution < 1.29 is 22.7 Å². The van der Waals surface area contributed by atoms with Crippen molar-refractivity contribution in [2.24, 2.45) is 0 Å². The number of nitrogens with one attached hydrogen (secondary N) is 1. The van der Waals surface area contributed by atoms with Crippen molar-refractivity contribution in [3.8, 4) is 5.75 Å². The van der Waals surface area contributed by atoms with Gasteiger partial charge in [0, 0.05) is 19.0 Å². The van der Waals surface area contributed by atoms with Crippen LogP contribution in [0.25, 0.3) is 0 Å². The molecule has 2 atom stereocenters. The minimum Gasteiger partial charge on any atom is -0.497 e. The molecular weight excluding hydrogens is 586 g/mol. The van der Waals surface area contributed by atoms with Crippen LogP contribution in [0.4, 0.5) is 5.69 Å². The molecule has 2 amide bonds. The predicted octanol–water partition coefficient (Wildman–Crippen LogP) is 5.75. The van der Waals surface area contributed by atoms with Gasteiger partial charge in [-0.05, 0) is 67.8 Å². The summed E-state index contributed by atoms with van der Waals surface area (Å²) in [5.41, 5.74) is 3.02. The Hall–Kier alpha value is -4.63. The van der Waals surface area contributed by atoms with Crippen LogP contribution < -0.4 is 14.4 Å². The fourth-order valence-electron chi connectivity index (χ4n) is 5.00. The Morgan fingerprint density at radius 1 is 0.844 bits per heavy atom. The summed E-state index contributed by atoms with van der Waals surface area (Å²) >= 11 is 0. The molecule has 0 aromatic heterocycles. The number of benzene rings is 4. The summed E-state index contributed by atoms with van der Waals surface area (Å²) in [6.45, 7) is 5.46. The van der Waals surface area contributed by atoms with Crippen LogP contribution in [0, 0.1) is 6.92 Å². The first-order valence-electron chi connectivity index (χ1n) is 15.0. The molecule has 4 rings (SSSR count). The fourth-order valence-corrected chi connectivity index (χ4v) is 6.43. The van der Waals surface area contributed by atoms with Gasteiger partial charge in [-0.2, -0.15) is 0 Å². The van der Waals surface area contributed by atoms with E-state index in [2.05, 4.69) is 5.32 Å². The van der Waals surface area contributed by atoms with Gasteiger partial charge >= 0.3 is 0 Å². The molecule has 4 aromatic carbocycles. The molecule has 45 heavy (non-hydrogen) atoms. The molecule has 0 fully saturated rings. The van der Waals surface area contributed by atoms with Crippen LogP contribution in [-0.2, 0) is 32.6 Å². The fraction of sp³-hybridized carbons (Fsp3) is 0.278. The minimum absolute atomic E-state index is 0.0502. The molecule has 8 nitrogen and oxygen atoms in total. The maximum Gasteiger partial charge on any atom is 0.264 e. The monoisotopic (exact) mass is 627 g/mol. The lowest BCUT2D eigenvalue weighted by Gasteiger charge is -2.34.